The van der Waals surface area contributed by atoms with Gasteiger partial charge in [0.15, 0.2) is 5.11 Å². The number of nitrogens with one attached hydrogen (secondary N) is 4. The molecule has 1 fully saturated rings. The number of carbonyl (C=O) groups excluding carboxylic acids is 3. The van der Waals surface area contributed by atoms with Crippen molar-refractivity contribution in [3.63, 3.8) is 0 Å². The molecule has 0 aliphatic heterocycles. The predicted octanol–water partition coefficient (Wildman–Crippen LogP) is 2.11. The predicted molar refractivity (Wildman–Crippen MR) is 117 cm³/mol. The summed E-state index contributed by atoms with van der Waals surface area (Å²) in [6, 6.07) is 8.66. The molecule has 2 aromatic rings. The van der Waals surface area contributed by atoms with Crippen LogP contribution >= 0.6 is 23.6 Å². The molecule has 0 spiro atoms. The number of benzene rings is 1. The zero-order valence-electron chi connectivity index (χ0n) is 16.3. The Morgan fingerprint density at radius 3 is 2.63 bits per heavy atom. The van der Waals surface area contributed by atoms with E-state index in [2.05, 4.69) is 31.7 Å². The molecule has 1 aromatic carbocycles. The van der Waals surface area contributed by atoms with E-state index in [9.17, 15) is 14.4 Å². The van der Waals surface area contributed by atoms with Crippen LogP contribution in [0.4, 0.5) is 5.13 Å². The fraction of sp³-hybridized carbons (Fsp3) is 0.368. The number of nitrogens with zero attached hydrogens (tertiary/aromatic N) is 2. The van der Waals surface area contributed by atoms with E-state index in [-0.39, 0.29) is 34.7 Å². The summed E-state index contributed by atoms with van der Waals surface area (Å²) >= 11 is 6.42. The SMILES string of the molecule is CC(=O)Nc1nnc([C@@H]2CC[C@H](CC(=O)NNC(=S)NC(=O)c3ccccc3)C2)s1. The summed E-state index contributed by atoms with van der Waals surface area (Å²) in [7, 11) is 0. The maximum atomic E-state index is 12.2. The van der Waals surface area contributed by atoms with Gasteiger partial charge >= 0.3 is 0 Å². The van der Waals surface area contributed by atoms with Gasteiger partial charge in [0.25, 0.3) is 5.91 Å². The van der Waals surface area contributed by atoms with Crippen molar-refractivity contribution in [3.05, 3.63) is 40.9 Å². The second-order valence-corrected chi connectivity index (χ2v) is 8.45. The van der Waals surface area contributed by atoms with Gasteiger partial charge in [-0.2, -0.15) is 0 Å². The van der Waals surface area contributed by atoms with Crippen molar-refractivity contribution in [2.75, 3.05) is 5.32 Å². The minimum Gasteiger partial charge on any atom is -0.301 e. The molecule has 11 heteroatoms. The Labute approximate surface area is 183 Å². The van der Waals surface area contributed by atoms with Crippen molar-refractivity contribution < 1.29 is 14.4 Å². The highest BCUT2D eigenvalue weighted by Crippen LogP contribution is 2.41. The molecule has 0 unspecified atom stereocenters. The molecule has 3 amide bonds. The highest BCUT2D eigenvalue weighted by molar-refractivity contribution is 7.80. The summed E-state index contributed by atoms with van der Waals surface area (Å²) in [4.78, 5) is 35.3. The molecule has 1 heterocycles. The Morgan fingerprint density at radius 2 is 1.90 bits per heavy atom. The zero-order chi connectivity index (χ0) is 21.5. The van der Waals surface area contributed by atoms with Gasteiger partial charge in [-0.05, 0) is 49.5 Å². The molecule has 2 atom stereocenters. The average Bonchev–Trinajstić information content (AvgIpc) is 3.36. The lowest BCUT2D eigenvalue weighted by molar-refractivity contribution is -0.122. The van der Waals surface area contributed by atoms with E-state index >= 15 is 0 Å². The largest absolute Gasteiger partial charge is 0.301 e. The maximum absolute atomic E-state index is 12.2. The van der Waals surface area contributed by atoms with Crippen LogP contribution in [0.2, 0.25) is 0 Å². The van der Waals surface area contributed by atoms with Gasteiger partial charge in [0.2, 0.25) is 16.9 Å². The molecular formula is C19H22N6O3S2. The number of amides is 3. The lowest BCUT2D eigenvalue weighted by Crippen LogP contribution is -2.48. The first-order valence-corrected chi connectivity index (χ1v) is 10.7. The molecule has 1 aromatic heterocycles. The van der Waals surface area contributed by atoms with E-state index in [1.165, 1.54) is 18.3 Å². The van der Waals surface area contributed by atoms with Crippen LogP contribution in [0.25, 0.3) is 0 Å². The van der Waals surface area contributed by atoms with Crippen molar-refractivity contribution in [1.29, 1.82) is 0 Å². The monoisotopic (exact) mass is 446 g/mol. The van der Waals surface area contributed by atoms with Gasteiger partial charge < -0.3 is 5.32 Å². The van der Waals surface area contributed by atoms with Crippen molar-refractivity contribution in [1.82, 2.24) is 26.4 Å². The zero-order valence-corrected chi connectivity index (χ0v) is 17.9. The van der Waals surface area contributed by atoms with Gasteiger partial charge in [-0.1, -0.05) is 29.5 Å². The van der Waals surface area contributed by atoms with Gasteiger partial charge in [-0.15, -0.1) is 10.2 Å². The molecular weight excluding hydrogens is 424 g/mol. The van der Waals surface area contributed by atoms with Crippen LogP contribution in [0.15, 0.2) is 30.3 Å². The average molecular weight is 447 g/mol. The molecule has 4 N–H and O–H groups in total. The smallest absolute Gasteiger partial charge is 0.257 e. The standard InChI is InChI=1S/C19H22N6O3S2/c1-11(26)20-19-25-23-17(30-19)14-8-7-12(9-14)10-15(27)22-24-18(29)21-16(28)13-5-3-2-4-6-13/h2-6,12,14H,7-10H2,1H3,(H,22,27)(H,20,25,26)(H2,21,24,28,29)/t12-,14+/m0/s1. The van der Waals surface area contributed by atoms with E-state index in [0.29, 0.717) is 17.1 Å². The normalized spacial score (nSPS) is 17.8. The van der Waals surface area contributed by atoms with Crippen LogP contribution in [0.3, 0.4) is 0 Å². The number of hydrogen-bond acceptors (Lipinski definition) is 7. The summed E-state index contributed by atoms with van der Waals surface area (Å²) in [5, 5.41) is 14.7. The van der Waals surface area contributed by atoms with Crippen LogP contribution in [-0.2, 0) is 9.59 Å². The third-order valence-corrected chi connectivity index (χ3v) is 5.87. The van der Waals surface area contributed by atoms with Gasteiger partial charge in [0, 0.05) is 24.8 Å². The molecule has 0 saturated heterocycles. The van der Waals surface area contributed by atoms with Crippen LogP contribution in [0, 0.1) is 5.92 Å². The summed E-state index contributed by atoms with van der Waals surface area (Å²) in [6.45, 7) is 1.43. The number of hydrogen-bond donors (Lipinski definition) is 4. The summed E-state index contributed by atoms with van der Waals surface area (Å²) in [5.41, 5.74) is 5.56. The summed E-state index contributed by atoms with van der Waals surface area (Å²) in [5.74, 6) is -0.270. The molecule has 1 aliphatic rings. The van der Waals surface area contributed by atoms with Gasteiger partial charge in [-0.3, -0.25) is 30.6 Å². The Bertz CT molecular complexity index is 933. The minimum atomic E-state index is -0.350. The van der Waals surface area contributed by atoms with Crippen molar-refractivity contribution in [2.45, 2.75) is 38.5 Å². The van der Waals surface area contributed by atoms with E-state index < -0.39 is 0 Å². The first-order valence-electron chi connectivity index (χ1n) is 9.47. The van der Waals surface area contributed by atoms with E-state index in [0.717, 1.165) is 24.3 Å². The second kappa shape index (κ2) is 10.2. The number of thiocarbonyl (C=S) groups is 1. The highest BCUT2D eigenvalue weighted by atomic mass is 32.1. The fourth-order valence-corrected chi connectivity index (χ4v) is 4.40. The third-order valence-electron chi connectivity index (χ3n) is 4.67. The molecule has 1 saturated carbocycles. The van der Waals surface area contributed by atoms with E-state index in [1.54, 1.807) is 24.3 Å². The first-order chi connectivity index (χ1) is 14.4. The van der Waals surface area contributed by atoms with Crippen molar-refractivity contribution in [2.24, 2.45) is 5.92 Å². The van der Waals surface area contributed by atoms with E-state index in [4.69, 9.17) is 12.2 Å². The topological polar surface area (TPSA) is 125 Å². The number of anilines is 1. The lowest BCUT2D eigenvalue weighted by atomic mass is 10.0. The molecule has 9 nitrogen and oxygen atoms in total. The van der Waals surface area contributed by atoms with Crippen LogP contribution in [0.1, 0.15) is 53.9 Å². The molecule has 1 aliphatic carbocycles. The number of hydrazine groups is 1. The summed E-state index contributed by atoms with van der Waals surface area (Å²) in [6.07, 6.45) is 3.00. The lowest BCUT2D eigenvalue weighted by Gasteiger charge is -2.13. The fourth-order valence-electron chi connectivity index (χ4n) is 3.32. The molecule has 0 radical (unpaired) electrons. The molecule has 158 valence electrons. The Balaban J connectivity index is 1.39. The van der Waals surface area contributed by atoms with Crippen LogP contribution < -0.4 is 21.5 Å². The Hall–Kier alpha value is -2.92. The summed E-state index contributed by atoms with van der Waals surface area (Å²) < 4.78 is 0. The van der Waals surface area contributed by atoms with E-state index in [1.807, 2.05) is 6.07 Å². The number of rotatable bonds is 5. The van der Waals surface area contributed by atoms with Crippen LogP contribution in [0.5, 0.6) is 0 Å². The molecule has 3 rings (SSSR count). The molecule has 0 bridgehead atoms. The van der Waals surface area contributed by atoms with Gasteiger partial charge in [-0.25, -0.2) is 0 Å². The molecule has 30 heavy (non-hydrogen) atoms. The quantitative estimate of drug-likeness (QED) is 0.409. The highest BCUT2D eigenvalue weighted by Gasteiger charge is 2.30. The Kier molecular flexibility index (Phi) is 7.41. The Morgan fingerprint density at radius 1 is 1.13 bits per heavy atom. The van der Waals surface area contributed by atoms with Crippen molar-refractivity contribution in [3.8, 4) is 0 Å². The van der Waals surface area contributed by atoms with Gasteiger partial charge in [0.05, 0.1) is 0 Å². The maximum Gasteiger partial charge on any atom is 0.257 e. The second-order valence-electron chi connectivity index (χ2n) is 7.03. The van der Waals surface area contributed by atoms with Gasteiger partial charge in [0.1, 0.15) is 5.01 Å². The minimum absolute atomic E-state index is 0.0286. The van der Waals surface area contributed by atoms with Crippen molar-refractivity contribution >= 4 is 51.5 Å². The third kappa shape index (κ3) is 6.29. The first kappa shape index (κ1) is 21.8. The number of carbonyl (C=O) groups is 3. The number of aromatic nitrogens is 2. The van der Waals surface area contributed by atoms with Crippen LogP contribution in [-0.4, -0.2) is 33.0 Å².